The highest BCUT2D eigenvalue weighted by molar-refractivity contribution is 8.01. The van der Waals surface area contributed by atoms with Crippen molar-refractivity contribution < 1.29 is 34.4 Å². The Morgan fingerprint density at radius 1 is 0.479 bits per heavy atom. The summed E-state index contributed by atoms with van der Waals surface area (Å²) >= 11 is 10.1. The molecule has 0 aliphatic rings. The number of carboxylic acid groups (broad SMARTS) is 3. The van der Waals surface area contributed by atoms with Gasteiger partial charge in [0.15, 0.2) is 0 Å². The lowest BCUT2D eigenvalue weighted by Gasteiger charge is -2.12. The number of ether oxygens (including phenoxy) is 1. The van der Waals surface area contributed by atoms with E-state index in [4.69, 9.17) is 21.6 Å². The largest absolute Gasteiger partial charge is 0.497 e. The van der Waals surface area contributed by atoms with Crippen molar-refractivity contribution in [2.45, 2.75) is 141 Å². The zero-order chi connectivity index (χ0) is 52.6. The monoisotopic (exact) mass is 1060 g/mol. The Labute approximate surface area is 451 Å². The van der Waals surface area contributed by atoms with E-state index in [1.54, 1.807) is 31.4 Å². The van der Waals surface area contributed by atoms with Crippen LogP contribution in [0.2, 0.25) is 5.02 Å². The second-order valence-corrected chi connectivity index (χ2v) is 22.1. The summed E-state index contributed by atoms with van der Waals surface area (Å²) in [7, 11) is 1.67. The zero-order valence-corrected chi connectivity index (χ0v) is 45.5. The molecule has 0 aliphatic heterocycles. The van der Waals surface area contributed by atoms with Gasteiger partial charge in [0.1, 0.15) is 21.5 Å². The quantitative estimate of drug-likeness (QED) is 0.0319. The molecule has 0 saturated carbocycles. The fourth-order valence-electron chi connectivity index (χ4n) is 7.63. The van der Waals surface area contributed by atoms with Crippen LogP contribution >= 0.6 is 46.9 Å². The third-order valence-electron chi connectivity index (χ3n) is 11.9. The highest BCUT2D eigenvalue weighted by Crippen LogP contribution is 2.30. The molecule has 0 spiro atoms. The highest BCUT2D eigenvalue weighted by Gasteiger charge is 2.20. The van der Waals surface area contributed by atoms with E-state index in [0.29, 0.717) is 18.4 Å². The summed E-state index contributed by atoms with van der Waals surface area (Å²) < 4.78 is 5.16. The van der Waals surface area contributed by atoms with Crippen molar-refractivity contribution in [3.8, 4) is 11.8 Å². The summed E-state index contributed by atoms with van der Waals surface area (Å²) in [4.78, 5) is 37.3. The third-order valence-corrected chi connectivity index (χ3v) is 15.9. The van der Waals surface area contributed by atoms with Gasteiger partial charge in [0.25, 0.3) is 0 Å². The van der Waals surface area contributed by atoms with Gasteiger partial charge < -0.3 is 20.1 Å². The topological polar surface area (TPSA) is 145 Å². The van der Waals surface area contributed by atoms with Crippen LogP contribution < -0.4 is 4.74 Å². The maximum absolute atomic E-state index is 11.5. The second kappa shape index (κ2) is 34.7. The van der Waals surface area contributed by atoms with Gasteiger partial charge in [0, 0.05) is 19.7 Å². The summed E-state index contributed by atoms with van der Waals surface area (Å²) in [6, 6.07) is 51.7. The van der Waals surface area contributed by atoms with Crippen LogP contribution in [0.3, 0.4) is 0 Å². The van der Waals surface area contributed by atoms with E-state index in [2.05, 4.69) is 42.5 Å². The number of methoxy groups -OCH3 is 1. The van der Waals surface area contributed by atoms with Crippen LogP contribution in [0.25, 0.3) is 0 Å². The lowest BCUT2D eigenvalue weighted by Crippen LogP contribution is -2.16. The van der Waals surface area contributed by atoms with E-state index in [-0.39, 0.29) is 10.5 Å². The van der Waals surface area contributed by atoms with Crippen molar-refractivity contribution in [3.05, 3.63) is 190 Å². The van der Waals surface area contributed by atoms with Gasteiger partial charge >= 0.3 is 17.9 Å². The molecule has 0 aliphatic carbocycles. The number of thioether (sulfide) groups is 3. The van der Waals surface area contributed by atoms with Crippen molar-refractivity contribution in [1.29, 1.82) is 5.26 Å². The van der Waals surface area contributed by atoms with E-state index < -0.39 is 23.2 Å². The number of aryl methyl sites for hydroxylation is 5. The first kappa shape index (κ1) is 59.9. The Hall–Kier alpha value is -5.64. The fraction of sp³-hybridized carbons (Fsp3) is 0.344. The van der Waals surface area contributed by atoms with Crippen molar-refractivity contribution in [2.75, 3.05) is 7.11 Å². The van der Waals surface area contributed by atoms with Gasteiger partial charge in [-0.1, -0.05) is 140 Å². The minimum absolute atomic E-state index is 0.352. The number of hydrogen-bond acceptors (Lipinski definition) is 8. The molecule has 0 heterocycles. The molecule has 3 N–H and O–H groups in total. The van der Waals surface area contributed by atoms with E-state index >= 15 is 0 Å². The van der Waals surface area contributed by atoms with Crippen LogP contribution in [-0.4, -0.2) is 56.1 Å². The van der Waals surface area contributed by atoms with Crippen LogP contribution in [-0.2, 0) is 33.6 Å². The average molecular weight is 1060 g/mol. The molecule has 0 radical (unpaired) electrons. The highest BCUT2D eigenvalue weighted by atomic mass is 35.5. The first-order chi connectivity index (χ1) is 35.3. The molecule has 386 valence electrons. The predicted octanol–water partition coefficient (Wildman–Crippen LogP) is 16.3. The van der Waals surface area contributed by atoms with Crippen LogP contribution in [0.5, 0.6) is 5.75 Å². The van der Waals surface area contributed by atoms with Gasteiger partial charge in [-0.25, -0.2) is 0 Å². The first-order valence-electron chi connectivity index (χ1n) is 25.0. The minimum Gasteiger partial charge on any atom is -0.497 e. The third kappa shape index (κ3) is 25.2. The fourth-order valence-corrected chi connectivity index (χ4v) is 10.8. The van der Waals surface area contributed by atoms with Gasteiger partial charge in [0.05, 0.1) is 18.7 Å². The average Bonchev–Trinajstić information content (AvgIpc) is 3.40. The molecule has 6 rings (SSSR count). The maximum atomic E-state index is 11.5. The van der Waals surface area contributed by atoms with Crippen molar-refractivity contribution >= 4 is 64.8 Å². The SMILES string of the molecule is COc1ccc(CCCCCC(Sc2ccc(C)cc2)C(=O)O)cc1.Cc1ccc(SC(CCCCCc2ccccc2)C(=O)O)cc1.N#Cc1ccc(SC(CCCCCc2ccc(Cl)cc2)C(=O)O)cc1. The van der Waals surface area contributed by atoms with Gasteiger partial charge in [0.2, 0.25) is 0 Å². The number of nitrogens with zero attached hydrogens (tertiary/aromatic N) is 1. The van der Waals surface area contributed by atoms with Crippen LogP contribution in [0, 0.1) is 25.2 Å². The molecule has 3 unspecified atom stereocenters. The van der Waals surface area contributed by atoms with E-state index in [0.717, 1.165) is 109 Å². The number of unbranched alkanes of at least 4 members (excludes halogenated alkanes) is 6. The zero-order valence-electron chi connectivity index (χ0n) is 42.3. The Balaban J connectivity index is 0.000000238. The summed E-state index contributed by atoms with van der Waals surface area (Å²) in [6.45, 7) is 4.07. The molecular formula is C61H70ClNO7S3. The minimum atomic E-state index is -0.785. The summed E-state index contributed by atoms with van der Waals surface area (Å²) in [6.07, 6.45) is 14.3. The molecule has 0 fully saturated rings. The number of carbonyl (C=O) groups is 3. The number of halogens is 1. The first-order valence-corrected chi connectivity index (χ1v) is 28.1. The Morgan fingerprint density at radius 2 is 0.822 bits per heavy atom. The van der Waals surface area contributed by atoms with Crippen molar-refractivity contribution in [2.24, 2.45) is 0 Å². The number of carboxylic acids is 3. The predicted molar refractivity (Wildman–Crippen MR) is 303 cm³/mol. The number of benzene rings is 6. The van der Waals surface area contributed by atoms with Crippen LogP contribution in [0.4, 0.5) is 0 Å². The van der Waals surface area contributed by atoms with E-state index in [1.807, 2.05) is 105 Å². The molecule has 0 bridgehead atoms. The molecule has 8 nitrogen and oxygen atoms in total. The lowest BCUT2D eigenvalue weighted by atomic mass is 10.1. The van der Waals surface area contributed by atoms with Gasteiger partial charge in [-0.15, -0.1) is 35.3 Å². The standard InChI is InChI=1S/C21H26O3S.C20H20ClNO2S.C20H24O2S/c1-16-8-14-19(15-9-16)25-20(21(22)23)7-5-3-4-6-17-10-12-18(24-2)13-11-17;21-17-10-6-15(7-11-17)4-2-1-3-5-19(20(23)24)25-18-12-8-16(14-22)9-13-18;1-16-12-14-18(15-13-16)23-19(20(21)22)11-7-3-6-10-17-8-4-2-5-9-17/h8-15,20H,3-7H2,1-2H3,(H,22,23);6-13,19H,1-5H2,(H,23,24);2,4-5,8-9,12-15,19H,3,6-7,10-11H2,1H3,(H,21,22). The Morgan fingerprint density at radius 3 is 1.16 bits per heavy atom. The summed E-state index contributed by atoms with van der Waals surface area (Å²) in [5.41, 5.74) is 6.88. The lowest BCUT2D eigenvalue weighted by molar-refractivity contribution is -0.137. The maximum Gasteiger partial charge on any atom is 0.316 e. The smallest absolute Gasteiger partial charge is 0.316 e. The molecule has 6 aromatic rings. The van der Waals surface area contributed by atoms with Crippen molar-refractivity contribution in [1.82, 2.24) is 0 Å². The van der Waals surface area contributed by atoms with Gasteiger partial charge in [-0.3, -0.25) is 14.4 Å². The van der Waals surface area contributed by atoms with Gasteiger partial charge in [-0.2, -0.15) is 5.26 Å². The molecule has 12 heteroatoms. The molecular weight excluding hydrogens is 990 g/mol. The number of aliphatic carboxylic acids is 3. The summed E-state index contributed by atoms with van der Waals surface area (Å²) in [5, 5.41) is 36.6. The van der Waals surface area contributed by atoms with Gasteiger partial charge in [-0.05, 0) is 161 Å². The second-order valence-electron chi connectivity index (χ2n) is 17.9. The molecule has 6 aromatic carbocycles. The normalized spacial score (nSPS) is 11.9. The molecule has 73 heavy (non-hydrogen) atoms. The van der Waals surface area contributed by atoms with E-state index in [9.17, 15) is 29.7 Å². The molecule has 3 atom stereocenters. The molecule has 0 aromatic heterocycles. The van der Waals surface area contributed by atoms with Crippen LogP contribution in [0.15, 0.2) is 166 Å². The van der Waals surface area contributed by atoms with E-state index in [1.165, 1.54) is 63.1 Å². The summed E-state index contributed by atoms with van der Waals surface area (Å²) in [5.74, 6) is -1.34. The Kier molecular flexibility index (Phi) is 28.5. The Bertz CT molecular complexity index is 2540. The molecule has 0 amide bonds. The number of nitriles is 1. The van der Waals surface area contributed by atoms with Crippen LogP contribution in [0.1, 0.15) is 110 Å². The molecule has 0 saturated heterocycles. The number of rotatable bonds is 28. The number of hydrogen-bond donors (Lipinski definition) is 3. The van der Waals surface area contributed by atoms with Crippen molar-refractivity contribution in [3.63, 3.8) is 0 Å².